The molecular formula is C85H55N7O8. The third-order valence-electron chi connectivity index (χ3n) is 17.4. The SMILES string of the molecule is N#Cc1ccc(-c2ccc(-c3nc(-c4ccccc4)nc(-c4cc(C#N)ccc4-n4c5ccc(C(=O)OCc6ccccc6)cc5c5cc(C(=O)OCc6ccccc6)ccc54)n3)c(-n3c4ccc(C(=O)OCc5ccccc5)cc4c4cc(C(=O)OCc5ccccc5)ccc43)c2)cc1. The Balaban J connectivity index is 0.925. The molecule has 0 atom stereocenters. The fourth-order valence-electron chi connectivity index (χ4n) is 12.4. The number of aromatic nitrogens is 5. The smallest absolute Gasteiger partial charge is 0.338 e. The first kappa shape index (κ1) is 62.2. The molecule has 15 rings (SSSR count). The lowest BCUT2D eigenvalue weighted by Gasteiger charge is -2.18. The Kier molecular flexibility index (Phi) is 17.1. The zero-order valence-electron chi connectivity index (χ0n) is 53.4. The first-order valence-electron chi connectivity index (χ1n) is 32.1. The van der Waals surface area contributed by atoms with E-state index in [1.807, 2.05) is 221 Å². The van der Waals surface area contributed by atoms with E-state index < -0.39 is 23.9 Å². The number of carbonyl (C=O) groups is 4. The minimum atomic E-state index is -0.548. The number of nitriles is 2. The van der Waals surface area contributed by atoms with Crippen LogP contribution in [0.25, 0.3) is 100 Å². The van der Waals surface area contributed by atoms with Crippen LogP contribution in [-0.4, -0.2) is 48.0 Å². The molecule has 0 saturated heterocycles. The molecule has 0 fully saturated rings. The monoisotopic (exact) mass is 1300 g/mol. The predicted molar refractivity (Wildman–Crippen MR) is 382 cm³/mol. The summed E-state index contributed by atoms with van der Waals surface area (Å²) in [4.78, 5) is 72.3. The number of fused-ring (bicyclic) bond motifs is 6. The third kappa shape index (κ3) is 12.7. The van der Waals surface area contributed by atoms with E-state index in [9.17, 15) is 29.7 Å². The van der Waals surface area contributed by atoms with E-state index in [0.717, 1.165) is 33.4 Å². The van der Waals surface area contributed by atoms with Crippen LogP contribution in [0.1, 0.15) is 74.8 Å². The van der Waals surface area contributed by atoms with Gasteiger partial charge in [-0.05, 0) is 149 Å². The molecule has 0 spiro atoms. The summed E-state index contributed by atoms with van der Waals surface area (Å²) in [5.41, 5.74) is 12.1. The van der Waals surface area contributed by atoms with Crippen LogP contribution in [0.4, 0.5) is 0 Å². The van der Waals surface area contributed by atoms with Crippen LogP contribution >= 0.6 is 0 Å². The van der Waals surface area contributed by atoms with Gasteiger partial charge in [0.25, 0.3) is 0 Å². The lowest BCUT2D eigenvalue weighted by atomic mass is 10.00. The molecule has 0 unspecified atom stereocenters. The highest BCUT2D eigenvalue weighted by atomic mass is 16.5. The highest BCUT2D eigenvalue weighted by Crippen LogP contribution is 2.42. The zero-order chi connectivity index (χ0) is 68.1. The molecule has 15 aromatic rings. The summed E-state index contributed by atoms with van der Waals surface area (Å²) < 4.78 is 27.6. The average molecular weight is 1300 g/mol. The van der Waals surface area contributed by atoms with Crippen LogP contribution in [0.5, 0.6) is 0 Å². The summed E-state index contributed by atoms with van der Waals surface area (Å²) in [6, 6.07) is 91.5. The van der Waals surface area contributed by atoms with E-state index in [1.54, 1.807) is 72.8 Å². The molecule has 0 aliphatic carbocycles. The third-order valence-corrected chi connectivity index (χ3v) is 17.4. The number of hydrogen-bond donors (Lipinski definition) is 0. The number of rotatable bonds is 18. The Morgan fingerprint density at radius 2 is 0.640 bits per heavy atom. The fourth-order valence-corrected chi connectivity index (χ4v) is 12.4. The first-order chi connectivity index (χ1) is 49.1. The van der Waals surface area contributed by atoms with Crippen molar-refractivity contribution in [1.29, 1.82) is 10.5 Å². The molecule has 0 N–H and O–H groups in total. The molecule has 0 bridgehead atoms. The van der Waals surface area contributed by atoms with E-state index in [-0.39, 0.29) is 60.3 Å². The molecular weight excluding hydrogens is 1250 g/mol. The second kappa shape index (κ2) is 27.4. The summed E-state index contributed by atoms with van der Waals surface area (Å²) in [6.45, 7) is 0.196. The van der Waals surface area contributed by atoms with Gasteiger partial charge in [0.2, 0.25) is 0 Å². The van der Waals surface area contributed by atoms with Crippen molar-refractivity contribution < 1.29 is 38.1 Å². The quantitative estimate of drug-likeness (QED) is 0.0581. The van der Waals surface area contributed by atoms with E-state index >= 15 is 0 Å². The van der Waals surface area contributed by atoms with E-state index in [4.69, 9.17) is 33.9 Å². The van der Waals surface area contributed by atoms with Gasteiger partial charge in [0.1, 0.15) is 26.4 Å². The van der Waals surface area contributed by atoms with Crippen LogP contribution in [-0.2, 0) is 45.4 Å². The maximum Gasteiger partial charge on any atom is 0.338 e. The van der Waals surface area contributed by atoms with Crippen molar-refractivity contribution in [3.63, 3.8) is 0 Å². The summed E-state index contributed by atoms with van der Waals surface area (Å²) >= 11 is 0. The Bertz CT molecular complexity index is 5540. The van der Waals surface area contributed by atoms with Gasteiger partial charge in [0, 0.05) is 38.2 Å². The largest absolute Gasteiger partial charge is 0.457 e. The Morgan fingerprint density at radius 3 is 1.03 bits per heavy atom. The molecule has 0 aliphatic rings. The number of nitrogens with zero attached hydrogens (tertiary/aromatic N) is 7. The average Bonchev–Trinajstić information content (AvgIpc) is 1.57. The van der Waals surface area contributed by atoms with Crippen molar-refractivity contribution in [2.45, 2.75) is 26.4 Å². The van der Waals surface area contributed by atoms with Gasteiger partial charge < -0.3 is 28.1 Å². The van der Waals surface area contributed by atoms with Gasteiger partial charge in [-0.2, -0.15) is 10.5 Å². The molecule has 15 nitrogen and oxygen atoms in total. The van der Waals surface area contributed by atoms with Gasteiger partial charge in [0.15, 0.2) is 17.5 Å². The number of carbonyl (C=O) groups excluding carboxylic acids is 4. The minimum Gasteiger partial charge on any atom is -0.457 e. The highest BCUT2D eigenvalue weighted by Gasteiger charge is 2.26. The maximum atomic E-state index is 14.1. The van der Waals surface area contributed by atoms with Crippen LogP contribution in [0.15, 0.2) is 285 Å². The summed E-state index contributed by atoms with van der Waals surface area (Å²) in [5.74, 6) is -1.47. The summed E-state index contributed by atoms with van der Waals surface area (Å²) in [5, 5.41) is 23.1. The molecule has 0 amide bonds. The standard InChI is InChI=1S/C85H55N7O8/c86-48-54-26-29-60(30-27-54)62-31-36-67(78(47-62)92-75-40-34-65(84(95)99-52-57-20-10-3-11-21-57)45-70(75)71-46-66(35-41-76(71)92)85(96)100-53-58-22-12-4-13-23-58)80-88-79(61-24-14-5-15-25-61)89-81(90-80)72-42-59(49-87)28-37-77(72)91-73-38-32-63(82(93)97-50-55-16-6-1-7-17-55)43-68(73)69-44-64(33-39-74(69)91)83(94)98-51-56-18-8-2-9-19-56/h1-47H,50-53H2. The molecule has 0 saturated carbocycles. The number of ether oxygens (including phenoxy) is 4. The second-order valence-electron chi connectivity index (χ2n) is 23.8. The predicted octanol–water partition coefficient (Wildman–Crippen LogP) is 17.9. The topological polar surface area (TPSA) is 201 Å². The number of benzene rings is 12. The van der Waals surface area contributed by atoms with Crippen LogP contribution in [0, 0.1) is 22.7 Å². The Hall–Kier alpha value is -13.9. The molecule has 12 aromatic carbocycles. The van der Waals surface area contributed by atoms with Crippen molar-refractivity contribution in [1.82, 2.24) is 24.1 Å². The van der Waals surface area contributed by atoms with Crippen LogP contribution in [0.2, 0.25) is 0 Å². The van der Waals surface area contributed by atoms with Crippen molar-refractivity contribution in [2.75, 3.05) is 0 Å². The fraction of sp³-hybridized carbons (Fsp3) is 0.0471. The highest BCUT2D eigenvalue weighted by molar-refractivity contribution is 6.15. The van der Waals surface area contributed by atoms with Crippen molar-refractivity contribution >= 4 is 67.5 Å². The van der Waals surface area contributed by atoms with Crippen molar-refractivity contribution in [3.05, 3.63) is 341 Å². The van der Waals surface area contributed by atoms with E-state index in [0.29, 0.717) is 88.6 Å². The molecule has 478 valence electrons. The number of hydrogen-bond acceptors (Lipinski definition) is 13. The molecule has 0 radical (unpaired) electrons. The Labute approximate surface area is 573 Å². The van der Waals surface area contributed by atoms with Gasteiger partial charge in [0.05, 0.1) is 79.0 Å². The molecule has 3 heterocycles. The van der Waals surface area contributed by atoms with Gasteiger partial charge >= 0.3 is 23.9 Å². The molecule has 3 aromatic heterocycles. The van der Waals surface area contributed by atoms with Gasteiger partial charge in [-0.25, -0.2) is 34.1 Å². The summed E-state index contributed by atoms with van der Waals surface area (Å²) in [6.07, 6.45) is 0. The van der Waals surface area contributed by atoms with Gasteiger partial charge in [-0.1, -0.05) is 170 Å². The maximum absolute atomic E-state index is 14.1. The van der Waals surface area contributed by atoms with Crippen molar-refractivity contribution in [3.8, 4) is 68.8 Å². The van der Waals surface area contributed by atoms with Crippen LogP contribution in [0.3, 0.4) is 0 Å². The zero-order valence-corrected chi connectivity index (χ0v) is 53.4. The minimum absolute atomic E-state index is 0.0473. The molecule has 15 heteroatoms. The summed E-state index contributed by atoms with van der Waals surface area (Å²) in [7, 11) is 0. The van der Waals surface area contributed by atoms with Crippen molar-refractivity contribution in [2.24, 2.45) is 0 Å². The lowest BCUT2D eigenvalue weighted by Crippen LogP contribution is -2.07. The van der Waals surface area contributed by atoms with E-state index in [2.05, 4.69) is 12.1 Å². The Morgan fingerprint density at radius 1 is 0.300 bits per heavy atom. The molecule has 100 heavy (non-hydrogen) atoms. The van der Waals surface area contributed by atoms with Crippen LogP contribution < -0.4 is 0 Å². The second-order valence-corrected chi connectivity index (χ2v) is 23.8. The van der Waals surface area contributed by atoms with Gasteiger partial charge in [-0.3, -0.25) is 0 Å². The molecule has 0 aliphatic heterocycles. The number of esters is 4. The first-order valence-corrected chi connectivity index (χ1v) is 32.1. The normalized spacial score (nSPS) is 11.1. The lowest BCUT2D eigenvalue weighted by molar-refractivity contribution is 0.0464. The van der Waals surface area contributed by atoms with E-state index in [1.165, 1.54) is 0 Å². The van der Waals surface area contributed by atoms with Gasteiger partial charge in [-0.15, -0.1) is 0 Å².